The molecule has 1 aromatic heterocycles. The number of nitrogens with zero attached hydrogens (tertiary/aromatic N) is 1. The summed E-state index contributed by atoms with van der Waals surface area (Å²) in [4.78, 5) is 4.18. The van der Waals surface area contributed by atoms with Gasteiger partial charge in [0.1, 0.15) is 0 Å². The zero-order valence-electron chi connectivity index (χ0n) is 10.6. The maximum atomic E-state index is 5.95. The quantitative estimate of drug-likeness (QED) is 0.871. The number of hydrogen-bond acceptors (Lipinski definition) is 3. The lowest BCUT2D eigenvalue weighted by Gasteiger charge is -2.26. The normalized spacial score (nSPS) is 24.8. The van der Waals surface area contributed by atoms with Gasteiger partial charge in [-0.1, -0.05) is 6.92 Å². The van der Waals surface area contributed by atoms with Crippen molar-refractivity contribution in [1.82, 2.24) is 4.98 Å². The molecular formula is C14H22N2O. The van der Waals surface area contributed by atoms with Gasteiger partial charge in [0.05, 0.1) is 18.4 Å². The molecule has 0 amide bonds. The van der Waals surface area contributed by atoms with Crippen LogP contribution < -0.4 is 5.73 Å². The maximum absolute atomic E-state index is 5.95. The number of ether oxygens (including phenoxy) is 1. The van der Waals surface area contributed by atoms with Gasteiger partial charge in [0.25, 0.3) is 0 Å². The zero-order valence-corrected chi connectivity index (χ0v) is 10.6. The molecular weight excluding hydrogens is 212 g/mol. The van der Waals surface area contributed by atoms with E-state index >= 15 is 0 Å². The van der Waals surface area contributed by atoms with Gasteiger partial charge >= 0.3 is 0 Å². The molecule has 0 aliphatic heterocycles. The van der Waals surface area contributed by atoms with Crippen LogP contribution >= 0.6 is 0 Å². The molecule has 0 atom stereocenters. The minimum absolute atomic E-state index is 0.445. The molecule has 1 saturated carbocycles. The van der Waals surface area contributed by atoms with E-state index in [0.29, 0.717) is 19.3 Å². The molecule has 3 heteroatoms. The average molecular weight is 234 g/mol. The van der Waals surface area contributed by atoms with Crippen molar-refractivity contribution < 1.29 is 4.74 Å². The summed E-state index contributed by atoms with van der Waals surface area (Å²) in [6.07, 6.45) is 7.26. The number of pyridine rings is 1. The monoisotopic (exact) mass is 234 g/mol. The van der Waals surface area contributed by atoms with Gasteiger partial charge in [-0.05, 0) is 49.3 Å². The first-order valence-corrected chi connectivity index (χ1v) is 6.53. The summed E-state index contributed by atoms with van der Waals surface area (Å²) < 4.78 is 5.95. The fourth-order valence-electron chi connectivity index (χ4n) is 2.34. The highest BCUT2D eigenvalue weighted by atomic mass is 16.5. The van der Waals surface area contributed by atoms with Crippen molar-refractivity contribution in [2.45, 2.75) is 51.9 Å². The minimum atomic E-state index is 0.445. The van der Waals surface area contributed by atoms with Crippen LogP contribution in [0.1, 0.15) is 43.9 Å². The molecule has 0 unspecified atom stereocenters. The highest BCUT2D eigenvalue weighted by Crippen LogP contribution is 2.26. The fourth-order valence-corrected chi connectivity index (χ4v) is 2.34. The molecule has 3 nitrogen and oxygen atoms in total. The van der Waals surface area contributed by atoms with Crippen molar-refractivity contribution >= 4 is 0 Å². The van der Waals surface area contributed by atoms with Crippen LogP contribution in [0.3, 0.4) is 0 Å². The van der Waals surface area contributed by atoms with Crippen LogP contribution in [-0.2, 0) is 17.9 Å². The SMILES string of the molecule is CC1CCC(OCc2ccnc(CN)c2)CC1. The van der Waals surface area contributed by atoms with Crippen LogP contribution in [0.4, 0.5) is 0 Å². The van der Waals surface area contributed by atoms with Crippen LogP contribution in [0, 0.1) is 5.92 Å². The average Bonchev–Trinajstić information content (AvgIpc) is 2.38. The summed E-state index contributed by atoms with van der Waals surface area (Å²) in [6, 6.07) is 4.04. The molecule has 17 heavy (non-hydrogen) atoms. The Kier molecular flexibility index (Phi) is 4.51. The molecule has 94 valence electrons. The molecule has 0 radical (unpaired) electrons. The van der Waals surface area contributed by atoms with E-state index in [0.717, 1.165) is 11.6 Å². The van der Waals surface area contributed by atoms with Gasteiger partial charge in [-0.15, -0.1) is 0 Å². The summed E-state index contributed by atoms with van der Waals surface area (Å²) in [6.45, 7) is 3.51. The smallest absolute Gasteiger partial charge is 0.0721 e. The summed E-state index contributed by atoms with van der Waals surface area (Å²) in [5.74, 6) is 0.875. The van der Waals surface area contributed by atoms with Crippen molar-refractivity contribution in [3.63, 3.8) is 0 Å². The molecule has 1 aliphatic carbocycles. The van der Waals surface area contributed by atoms with Crippen LogP contribution in [0.2, 0.25) is 0 Å². The third kappa shape index (κ3) is 3.79. The Bertz CT molecular complexity index is 346. The Labute approximate surface area is 103 Å². The molecule has 0 spiro atoms. The highest BCUT2D eigenvalue weighted by molar-refractivity contribution is 5.15. The topological polar surface area (TPSA) is 48.1 Å². The molecule has 1 heterocycles. The third-order valence-corrected chi connectivity index (χ3v) is 3.54. The summed E-state index contributed by atoms with van der Waals surface area (Å²) in [7, 11) is 0. The number of aromatic nitrogens is 1. The van der Waals surface area contributed by atoms with Crippen LogP contribution in [0.15, 0.2) is 18.3 Å². The highest BCUT2D eigenvalue weighted by Gasteiger charge is 2.18. The van der Waals surface area contributed by atoms with Crippen molar-refractivity contribution in [1.29, 1.82) is 0 Å². The Hall–Kier alpha value is -0.930. The molecule has 0 aromatic carbocycles. The van der Waals surface area contributed by atoms with Gasteiger partial charge in [-0.3, -0.25) is 4.98 Å². The van der Waals surface area contributed by atoms with E-state index in [1.54, 1.807) is 0 Å². The van der Waals surface area contributed by atoms with Crippen molar-refractivity contribution in [3.05, 3.63) is 29.6 Å². The van der Waals surface area contributed by atoms with Gasteiger partial charge in [-0.2, -0.15) is 0 Å². The van der Waals surface area contributed by atoms with Crippen LogP contribution in [-0.4, -0.2) is 11.1 Å². The number of hydrogen-bond donors (Lipinski definition) is 1. The first-order valence-electron chi connectivity index (χ1n) is 6.53. The van der Waals surface area contributed by atoms with E-state index < -0.39 is 0 Å². The molecule has 2 rings (SSSR count). The number of nitrogens with two attached hydrogens (primary N) is 1. The molecule has 1 fully saturated rings. The predicted molar refractivity (Wildman–Crippen MR) is 68.3 cm³/mol. The summed E-state index contributed by atoms with van der Waals surface area (Å²) in [5.41, 5.74) is 7.68. The minimum Gasteiger partial charge on any atom is -0.374 e. The van der Waals surface area contributed by atoms with E-state index in [1.165, 1.54) is 31.2 Å². The lowest BCUT2D eigenvalue weighted by atomic mass is 9.89. The standard InChI is InChI=1S/C14H22N2O/c1-11-2-4-14(5-3-11)17-10-12-6-7-16-13(8-12)9-15/h6-8,11,14H,2-5,9-10,15H2,1H3. The first-order chi connectivity index (χ1) is 8.28. The summed E-state index contributed by atoms with van der Waals surface area (Å²) >= 11 is 0. The first kappa shape index (κ1) is 12.5. The van der Waals surface area contributed by atoms with E-state index in [2.05, 4.69) is 11.9 Å². The van der Waals surface area contributed by atoms with E-state index in [-0.39, 0.29) is 0 Å². The summed E-state index contributed by atoms with van der Waals surface area (Å²) in [5, 5.41) is 0. The Balaban J connectivity index is 1.81. The lowest BCUT2D eigenvalue weighted by molar-refractivity contribution is 0.00872. The molecule has 1 aromatic rings. The van der Waals surface area contributed by atoms with E-state index in [9.17, 15) is 0 Å². The van der Waals surface area contributed by atoms with Crippen molar-refractivity contribution in [3.8, 4) is 0 Å². The second kappa shape index (κ2) is 6.12. The second-order valence-corrected chi connectivity index (χ2v) is 5.05. The van der Waals surface area contributed by atoms with E-state index in [4.69, 9.17) is 10.5 Å². The fraction of sp³-hybridized carbons (Fsp3) is 0.643. The second-order valence-electron chi connectivity index (χ2n) is 5.05. The van der Waals surface area contributed by atoms with Gasteiger partial charge in [0, 0.05) is 12.7 Å². The van der Waals surface area contributed by atoms with Gasteiger partial charge in [-0.25, -0.2) is 0 Å². The number of rotatable bonds is 4. The maximum Gasteiger partial charge on any atom is 0.0721 e. The molecule has 0 saturated heterocycles. The Morgan fingerprint density at radius 2 is 2.12 bits per heavy atom. The predicted octanol–water partition coefficient (Wildman–Crippen LogP) is 2.64. The van der Waals surface area contributed by atoms with Crippen LogP contribution in [0.5, 0.6) is 0 Å². The largest absolute Gasteiger partial charge is 0.374 e. The van der Waals surface area contributed by atoms with E-state index in [1.807, 2.05) is 18.3 Å². The van der Waals surface area contributed by atoms with Crippen LogP contribution in [0.25, 0.3) is 0 Å². The Morgan fingerprint density at radius 3 is 2.82 bits per heavy atom. The van der Waals surface area contributed by atoms with Crippen molar-refractivity contribution in [2.75, 3.05) is 0 Å². The van der Waals surface area contributed by atoms with Gasteiger partial charge < -0.3 is 10.5 Å². The van der Waals surface area contributed by atoms with Crippen molar-refractivity contribution in [2.24, 2.45) is 11.7 Å². The zero-order chi connectivity index (χ0) is 12.1. The Morgan fingerprint density at radius 1 is 1.35 bits per heavy atom. The van der Waals surface area contributed by atoms with Gasteiger partial charge in [0.2, 0.25) is 0 Å². The lowest BCUT2D eigenvalue weighted by Crippen LogP contribution is -2.20. The molecule has 2 N–H and O–H groups in total. The van der Waals surface area contributed by atoms with Gasteiger partial charge in [0.15, 0.2) is 0 Å². The molecule has 0 bridgehead atoms. The third-order valence-electron chi connectivity index (χ3n) is 3.54. The molecule has 1 aliphatic rings.